The Morgan fingerprint density at radius 2 is 1.96 bits per heavy atom. The molecule has 132 valence electrons. The van der Waals surface area contributed by atoms with Crippen molar-refractivity contribution in [2.24, 2.45) is 16.7 Å². The molecule has 1 N–H and O–H groups in total. The molecule has 0 amide bonds. The molecule has 24 heavy (non-hydrogen) atoms. The molecule has 3 heterocycles. The van der Waals surface area contributed by atoms with Gasteiger partial charge in [-0.25, -0.2) is 0 Å². The fourth-order valence-corrected chi connectivity index (χ4v) is 6.49. The summed E-state index contributed by atoms with van der Waals surface area (Å²) in [6.07, 6.45) is 0.174. The first kappa shape index (κ1) is 15.1. The van der Waals surface area contributed by atoms with Gasteiger partial charge in [-0.1, -0.05) is 13.3 Å². The van der Waals surface area contributed by atoms with E-state index >= 15 is 0 Å². The number of methoxy groups -OCH3 is 1. The lowest BCUT2D eigenvalue weighted by Crippen LogP contribution is -2.75. The molecular formula is C17H22O7. The Morgan fingerprint density at radius 3 is 2.67 bits per heavy atom. The van der Waals surface area contributed by atoms with Crippen LogP contribution in [0.5, 0.6) is 0 Å². The van der Waals surface area contributed by atoms with Gasteiger partial charge in [-0.15, -0.1) is 0 Å². The lowest BCUT2D eigenvalue weighted by molar-refractivity contribution is -0.287. The van der Waals surface area contributed by atoms with Crippen molar-refractivity contribution < 1.29 is 33.6 Å². The fraction of sp³-hybridized carbons (Fsp3) is 0.882. The Balaban J connectivity index is 1.72. The number of hydrogen-bond acceptors (Lipinski definition) is 7. The van der Waals surface area contributed by atoms with Gasteiger partial charge in [-0.05, 0) is 19.8 Å². The molecule has 7 heteroatoms. The first-order valence-corrected chi connectivity index (χ1v) is 8.58. The van der Waals surface area contributed by atoms with Crippen molar-refractivity contribution in [1.29, 1.82) is 0 Å². The average molecular weight is 338 g/mol. The molecule has 5 aliphatic rings. The Hall–Kier alpha value is -1.18. The molecule has 3 saturated heterocycles. The molecule has 8 atom stereocenters. The van der Waals surface area contributed by atoms with E-state index < -0.39 is 46.5 Å². The van der Waals surface area contributed by atoms with Crippen molar-refractivity contribution in [1.82, 2.24) is 0 Å². The van der Waals surface area contributed by atoms with E-state index in [0.29, 0.717) is 6.42 Å². The van der Waals surface area contributed by atoms with Crippen LogP contribution in [0.25, 0.3) is 0 Å². The summed E-state index contributed by atoms with van der Waals surface area (Å²) < 4.78 is 22.4. The third-order valence-corrected chi connectivity index (χ3v) is 7.58. The van der Waals surface area contributed by atoms with Gasteiger partial charge >= 0.3 is 11.9 Å². The lowest BCUT2D eigenvalue weighted by Gasteiger charge is -2.61. The molecular weight excluding hydrogens is 316 g/mol. The maximum absolute atomic E-state index is 12.6. The van der Waals surface area contributed by atoms with Crippen molar-refractivity contribution >= 4 is 11.9 Å². The normalized spacial score (nSPS) is 60.5. The van der Waals surface area contributed by atoms with E-state index in [9.17, 15) is 14.7 Å². The molecule has 7 nitrogen and oxygen atoms in total. The molecule has 3 aliphatic heterocycles. The second-order valence-corrected chi connectivity index (χ2v) is 8.46. The summed E-state index contributed by atoms with van der Waals surface area (Å²) >= 11 is 0. The van der Waals surface area contributed by atoms with Gasteiger partial charge in [0, 0.05) is 18.4 Å². The van der Waals surface area contributed by atoms with Crippen molar-refractivity contribution in [2.45, 2.75) is 69.2 Å². The van der Waals surface area contributed by atoms with Crippen LogP contribution in [-0.4, -0.2) is 53.9 Å². The highest BCUT2D eigenvalue weighted by Gasteiger charge is 2.90. The van der Waals surface area contributed by atoms with E-state index in [1.165, 1.54) is 7.11 Å². The molecule has 0 aromatic carbocycles. The van der Waals surface area contributed by atoms with E-state index in [1.54, 1.807) is 0 Å². The van der Waals surface area contributed by atoms with Crippen LogP contribution in [0.4, 0.5) is 0 Å². The monoisotopic (exact) mass is 338 g/mol. The Morgan fingerprint density at radius 1 is 1.21 bits per heavy atom. The van der Waals surface area contributed by atoms with E-state index in [-0.39, 0.29) is 18.3 Å². The first-order chi connectivity index (χ1) is 11.2. The smallest absolute Gasteiger partial charge is 0.312 e. The third kappa shape index (κ3) is 1.25. The first-order valence-electron chi connectivity index (χ1n) is 8.58. The quantitative estimate of drug-likeness (QED) is 0.550. The van der Waals surface area contributed by atoms with Gasteiger partial charge in [-0.3, -0.25) is 9.59 Å². The van der Waals surface area contributed by atoms with Crippen molar-refractivity contribution in [3.63, 3.8) is 0 Å². The third-order valence-electron chi connectivity index (χ3n) is 7.58. The van der Waals surface area contributed by atoms with Crippen LogP contribution >= 0.6 is 0 Å². The Kier molecular flexibility index (Phi) is 2.50. The highest BCUT2D eigenvalue weighted by Crippen LogP contribution is 2.74. The number of cyclic esters (lactones) is 1. The molecule has 5 fully saturated rings. The molecule has 0 radical (unpaired) electrons. The summed E-state index contributed by atoms with van der Waals surface area (Å²) in [5.74, 6) is -0.903. The van der Waals surface area contributed by atoms with Crippen LogP contribution in [-0.2, 0) is 28.5 Å². The number of epoxide rings is 1. The molecule has 2 unspecified atom stereocenters. The standard InChI is InChI=1S/C17H22O7/c1-14-5-4-6-15(2)10(14)9(23-12(14)19)11-17(24-11)13(21-3)22-8(18)7-16(15,17)20/h9-11,13,20H,4-7H2,1-3H3/t9?,10?,11-,13+,14+,15+,16+,17-/m1/s1. The number of aliphatic hydroxyl groups is 1. The predicted octanol–water partition coefficient (Wildman–Crippen LogP) is 0.526. The molecule has 0 bridgehead atoms. The summed E-state index contributed by atoms with van der Waals surface area (Å²) in [6, 6.07) is 0. The Bertz CT molecular complexity index is 663. The molecule has 2 aliphatic carbocycles. The topological polar surface area (TPSA) is 94.6 Å². The lowest BCUT2D eigenvalue weighted by atomic mass is 9.43. The molecule has 1 spiro atoms. The van der Waals surface area contributed by atoms with E-state index in [1.807, 2.05) is 13.8 Å². The maximum Gasteiger partial charge on any atom is 0.312 e. The second-order valence-electron chi connectivity index (χ2n) is 8.46. The zero-order valence-corrected chi connectivity index (χ0v) is 14.0. The highest BCUT2D eigenvalue weighted by atomic mass is 16.8. The van der Waals surface area contributed by atoms with Gasteiger partial charge in [0.2, 0.25) is 6.29 Å². The van der Waals surface area contributed by atoms with Crippen molar-refractivity contribution in [3.05, 3.63) is 0 Å². The second kappa shape index (κ2) is 3.97. The number of rotatable bonds is 1. The summed E-state index contributed by atoms with van der Waals surface area (Å²) in [7, 11) is 1.43. The van der Waals surface area contributed by atoms with E-state index in [2.05, 4.69) is 0 Å². The van der Waals surface area contributed by atoms with Crippen molar-refractivity contribution in [2.75, 3.05) is 7.11 Å². The minimum absolute atomic E-state index is 0.145. The summed E-state index contributed by atoms with van der Waals surface area (Å²) in [4.78, 5) is 24.8. The largest absolute Gasteiger partial charge is 0.459 e. The Labute approximate surface area is 139 Å². The zero-order valence-electron chi connectivity index (χ0n) is 14.0. The molecule has 0 aromatic rings. The van der Waals surface area contributed by atoms with Gasteiger partial charge < -0.3 is 24.1 Å². The van der Waals surface area contributed by atoms with Gasteiger partial charge in [0.25, 0.3) is 0 Å². The number of hydrogen-bond donors (Lipinski definition) is 1. The van der Waals surface area contributed by atoms with Crippen LogP contribution in [0.15, 0.2) is 0 Å². The summed E-state index contributed by atoms with van der Waals surface area (Å²) in [5, 5.41) is 11.8. The molecule has 0 aromatic heterocycles. The number of carbonyl (C=O) groups excluding carboxylic acids is 2. The number of fused-ring (bicyclic) bond motifs is 2. The molecule has 5 rings (SSSR count). The predicted molar refractivity (Wildman–Crippen MR) is 77.5 cm³/mol. The number of carbonyl (C=O) groups is 2. The van der Waals surface area contributed by atoms with Gasteiger partial charge in [0.15, 0.2) is 5.60 Å². The average Bonchev–Trinajstić information content (AvgIpc) is 3.20. The van der Waals surface area contributed by atoms with Crippen LogP contribution in [0.1, 0.15) is 39.5 Å². The fourth-order valence-electron chi connectivity index (χ4n) is 6.49. The van der Waals surface area contributed by atoms with Crippen molar-refractivity contribution in [3.8, 4) is 0 Å². The zero-order chi connectivity index (χ0) is 17.1. The highest BCUT2D eigenvalue weighted by molar-refractivity contribution is 5.81. The van der Waals surface area contributed by atoms with Crippen LogP contribution < -0.4 is 0 Å². The minimum atomic E-state index is -1.43. The minimum Gasteiger partial charge on any atom is -0.459 e. The number of ether oxygens (including phenoxy) is 4. The summed E-state index contributed by atoms with van der Waals surface area (Å²) in [5.41, 5.74) is -3.90. The molecule has 2 saturated carbocycles. The van der Waals surface area contributed by atoms with E-state index in [4.69, 9.17) is 18.9 Å². The van der Waals surface area contributed by atoms with Gasteiger partial charge in [0.1, 0.15) is 17.8 Å². The SMILES string of the molecule is CO[C@H]1OC(=O)C[C@@]2(O)[C@]13O[C@@H]3C1OC(=O)[C@@]3(C)CCC[C@@]2(C)C13. The van der Waals surface area contributed by atoms with E-state index in [0.717, 1.165) is 12.8 Å². The number of esters is 2. The van der Waals surface area contributed by atoms with Crippen LogP contribution in [0, 0.1) is 16.7 Å². The van der Waals surface area contributed by atoms with Crippen LogP contribution in [0.3, 0.4) is 0 Å². The van der Waals surface area contributed by atoms with Gasteiger partial charge in [-0.2, -0.15) is 0 Å². The van der Waals surface area contributed by atoms with Crippen LogP contribution in [0.2, 0.25) is 0 Å². The summed E-state index contributed by atoms with van der Waals surface area (Å²) in [6.45, 7) is 3.89. The maximum atomic E-state index is 12.6. The van der Waals surface area contributed by atoms with Gasteiger partial charge in [0.05, 0.1) is 11.8 Å².